The smallest absolute Gasteiger partial charge is 0.164 e. The summed E-state index contributed by atoms with van der Waals surface area (Å²) in [6, 6.07) is 3.71. The second kappa shape index (κ2) is 3.69. The van der Waals surface area contributed by atoms with Crippen molar-refractivity contribution < 1.29 is 4.42 Å². The normalized spacial score (nSPS) is 11.2. The Kier molecular flexibility index (Phi) is 2.39. The summed E-state index contributed by atoms with van der Waals surface area (Å²) in [5.74, 6) is 0.707. The molecule has 0 spiro atoms. The average molecular weight is 288 g/mol. The van der Waals surface area contributed by atoms with Crippen molar-refractivity contribution in [2.24, 2.45) is 5.10 Å². The van der Waals surface area contributed by atoms with E-state index in [0.29, 0.717) is 5.76 Å². The topological polar surface area (TPSA) is 56.2 Å². The van der Waals surface area contributed by atoms with E-state index in [1.165, 1.54) is 17.3 Å². The zero-order chi connectivity index (χ0) is 9.10. The van der Waals surface area contributed by atoms with Gasteiger partial charge in [0.15, 0.2) is 3.77 Å². The molecular formula is C7H5IN4O. The highest BCUT2D eigenvalue weighted by Crippen LogP contribution is 2.07. The Balaban J connectivity index is 2.14. The van der Waals surface area contributed by atoms with E-state index in [-0.39, 0.29) is 0 Å². The number of hydrogen-bond acceptors (Lipinski definition) is 4. The molecule has 5 nitrogen and oxygen atoms in total. The van der Waals surface area contributed by atoms with Gasteiger partial charge in [-0.3, -0.25) is 0 Å². The van der Waals surface area contributed by atoms with Gasteiger partial charge in [0.05, 0.1) is 6.21 Å². The van der Waals surface area contributed by atoms with Crippen LogP contribution in [0.15, 0.2) is 34.3 Å². The van der Waals surface area contributed by atoms with Crippen molar-refractivity contribution in [3.63, 3.8) is 0 Å². The number of hydrogen-bond donors (Lipinski definition) is 0. The van der Waals surface area contributed by atoms with Gasteiger partial charge >= 0.3 is 0 Å². The van der Waals surface area contributed by atoms with Crippen LogP contribution in [0.5, 0.6) is 0 Å². The van der Waals surface area contributed by atoms with Crippen molar-refractivity contribution in [1.29, 1.82) is 0 Å². The molecule has 66 valence electrons. The Morgan fingerprint density at radius 2 is 2.15 bits per heavy atom. The van der Waals surface area contributed by atoms with Gasteiger partial charge in [-0.25, -0.2) is 4.68 Å². The van der Waals surface area contributed by atoms with Gasteiger partial charge < -0.3 is 4.42 Å². The summed E-state index contributed by atoms with van der Waals surface area (Å²) in [6.45, 7) is 0. The fraction of sp³-hybridized carbons (Fsp3) is 0. The molecule has 6 heteroatoms. The summed E-state index contributed by atoms with van der Waals surface area (Å²) in [6.07, 6.45) is 4.61. The quantitative estimate of drug-likeness (QED) is 0.619. The standard InChI is InChI=1S/C7H5IN4O/c8-7-2-1-6(13-7)3-11-12-4-9-10-5-12/h1-5H/b11-3-. The molecule has 0 radical (unpaired) electrons. The first kappa shape index (κ1) is 8.42. The van der Waals surface area contributed by atoms with Gasteiger partial charge in [0.1, 0.15) is 18.4 Å². The third-order valence-corrected chi connectivity index (χ3v) is 1.90. The van der Waals surface area contributed by atoms with Crippen LogP contribution in [0.4, 0.5) is 0 Å². The summed E-state index contributed by atoms with van der Waals surface area (Å²) < 4.78 is 7.60. The van der Waals surface area contributed by atoms with Gasteiger partial charge in [-0.15, -0.1) is 10.2 Å². The molecule has 0 saturated carbocycles. The monoisotopic (exact) mass is 288 g/mol. The van der Waals surface area contributed by atoms with E-state index in [4.69, 9.17) is 4.42 Å². The summed E-state index contributed by atoms with van der Waals surface area (Å²) >= 11 is 2.09. The molecule has 0 N–H and O–H groups in total. The molecule has 2 heterocycles. The highest BCUT2D eigenvalue weighted by atomic mass is 127. The molecule has 0 atom stereocenters. The Morgan fingerprint density at radius 1 is 1.38 bits per heavy atom. The van der Waals surface area contributed by atoms with Gasteiger partial charge in [0, 0.05) is 0 Å². The molecular weight excluding hydrogens is 283 g/mol. The van der Waals surface area contributed by atoms with Gasteiger partial charge in [-0.1, -0.05) is 0 Å². The minimum absolute atomic E-state index is 0.707. The Hall–Kier alpha value is -1.18. The van der Waals surface area contributed by atoms with E-state index in [1.807, 2.05) is 12.1 Å². The molecule has 0 aliphatic heterocycles. The molecule has 0 saturated heterocycles. The molecule has 0 unspecified atom stereocenters. The number of furan rings is 1. The third-order valence-electron chi connectivity index (χ3n) is 1.32. The SMILES string of the molecule is Ic1ccc(/C=N\n2cnnc2)o1. The van der Waals surface area contributed by atoms with Crippen LogP contribution < -0.4 is 0 Å². The molecule has 13 heavy (non-hydrogen) atoms. The minimum Gasteiger partial charge on any atom is -0.449 e. The largest absolute Gasteiger partial charge is 0.449 e. The van der Waals surface area contributed by atoms with Crippen molar-refractivity contribution in [3.05, 3.63) is 34.3 Å². The third kappa shape index (κ3) is 2.14. The number of nitrogens with zero attached hydrogens (tertiary/aromatic N) is 4. The van der Waals surface area contributed by atoms with Gasteiger partial charge in [-0.2, -0.15) is 5.10 Å². The molecule has 0 aliphatic carbocycles. The zero-order valence-electron chi connectivity index (χ0n) is 6.46. The van der Waals surface area contributed by atoms with Crippen LogP contribution in [0.1, 0.15) is 5.76 Å². The van der Waals surface area contributed by atoms with Crippen LogP contribution in [0.3, 0.4) is 0 Å². The predicted molar refractivity (Wildman–Crippen MR) is 54.4 cm³/mol. The first-order chi connectivity index (χ1) is 6.34. The predicted octanol–water partition coefficient (Wildman–Crippen LogP) is 1.36. The van der Waals surface area contributed by atoms with E-state index in [1.54, 1.807) is 6.21 Å². The highest BCUT2D eigenvalue weighted by Gasteiger charge is 1.94. The fourth-order valence-electron chi connectivity index (χ4n) is 0.776. The highest BCUT2D eigenvalue weighted by molar-refractivity contribution is 14.1. The van der Waals surface area contributed by atoms with Gasteiger partial charge in [0.25, 0.3) is 0 Å². The van der Waals surface area contributed by atoms with E-state index >= 15 is 0 Å². The van der Waals surface area contributed by atoms with E-state index < -0.39 is 0 Å². The summed E-state index contributed by atoms with van der Waals surface area (Å²) in [5, 5.41) is 11.2. The van der Waals surface area contributed by atoms with Crippen LogP contribution in [-0.4, -0.2) is 21.1 Å². The summed E-state index contributed by atoms with van der Waals surface area (Å²) in [7, 11) is 0. The lowest BCUT2D eigenvalue weighted by molar-refractivity contribution is 0.531. The minimum atomic E-state index is 0.707. The molecule has 2 aromatic heterocycles. The van der Waals surface area contributed by atoms with E-state index in [2.05, 4.69) is 37.9 Å². The van der Waals surface area contributed by atoms with Gasteiger partial charge in [0.2, 0.25) is 0 Å². The van der Waals surface area contributed by atoms with Crippen molar-refractivity contribution in [1.82, 2.24) is 14.9 Å². The second-order valence-corrected chi connectivity index (χ2v) is 3.29. The molecule has 2 rings (SSSR count). The maximum atomic E-state index is 5.26. The molecule has 0 fully saturated rings. The maximum absolute atomic E-state index is 5.26. The Labute approximate surface area is 87.6 Å². The second-order valence-electron chi connectivity index (χ2n) is 2.23. The van der Waals surface area contributed by atoms with Crippen molar-refractivity contribution >= 4 is 28.8 Å². The average Bonchev–Trinajstić information content (AvgIpc) is 2.71. The van der Waals surface area contributed by atoms with Crippen LogP contribution >= 0.6 is 22.6 Å². The lowest BCUT2D eigenvalue weighted by atomic mass is 10.5. The van der Waals surface area contributed by atoms with Crippen molar-refractivity contribution in [2.75, 3.05) is 0 Å². The Bertz CT molecular complexity index is 406. The van der Waals surface area contributed by atoms with Crippen molar-refractivity contribution in [2.45, 2.75) is 0 Å². The molecule has 0 amide bonds. The first-order valence-electron chi connectivity index (χ1n) is 3.49. The van der Waals surface area contributed by atoms with Crippen molar-refractivity contribution in [3.8, 4) is 0 Å². The molecule has 0 bridgehead atoms. The van der Waals surface area contributed by atoms with E-state index in [9.17, 15) is 0 Å². The number of aromatic nitrogens is 3. The Morgan fingerprint density at radius 3 is 2.77 bits per heavy atom. The maximum Gasteiger partial charge on any atom is 0.164 e. The van der Waals surface area contributed by atoms with E-state index in [0.717, 1.165) is 3.77 Å². The lowest BCUT2D eigenvalue weighted by Crippen LogP contribution is -1.84. The first-order valence-corrected chi connectivity index (χ1v) is 4.57. The summed E-state index contributed by atoms with van der Waals surface area (Å²) in [4.78, 5) is 0. The summed E-state index contributed by atoms with van der Waals surface area (Å²) in [5.41, 5.74) is 0. The fourth-order valence-corrected chi connectivity index (χ4v) is 1.21. The van der Waals surface area contributed by atoms with Crippen LogP contribution in [-0.2, 0) is 0 Å². The lowest BCUT2D eigenvalue weighted by Gasteiger charge is -1.86. The van der Waals surface area contributed by atoms with Gasteiger partial charge in [-0.05, 0) is 34.7 Å². The molecule has 2 aromatic rings. The van der Waals surface area contributed by atoms with Crippen LogP contribution in [0.2, 0.25) is 0 Å². The number of halogens is 1. The zero-order valence-corrected chi connectivity index (χ0v) is 8.62. The number of rotatable bonds is 2. The van der Waals surface area contributed by atoms with Crippen LogP contribution in [0, 0.1) is 3.77 Å². The molecule has 0 aromatic carbocycles. The molecule has 0 aliphatic rings. The van der Waals surface area contributed by atoms with Crippen LogP contribution in [0.25, 0.3) is 0 Å².